The van der Waals surface area contributed by atoms with E-state index in [0.717, 1.165) is 67.5 Å². The third-order valence-corrected chi connectivity index (χ3v) is 5.55. The summed E-state index contributed by atoms with van der Waals surface area (Å²) in [6.45, 7) is 9.31. The summed E-state index contributed by atoms with van der Waals surface area (Å²) in [4.78, 5) is 4.46. The molecule has 0 spiro atoms. The van der Waals surface area contributed by atoms with Crippen LogP contribution in [0.15, 0.2) is 41.5 Å². The second-order valence-corrected chi connectivity index (χ2v) is 7.92. The van der Waals surface area contributed by atoms with Crippen molar-refractivity contribution in [2.75, 3.05) is 76.1 Å². The summed E-state index contributed by atoms with van der Waals surface area (Å²) in [6.07, 6.45) is 1.70. The number of aromatic nitrogens is 1. The highest BCUT2D eigenvalue weighted by Gasteiger charge is 2.19. The molecule has 0 atom stereocenters. The summed E-state index contributed by atoms with van der Waals surface area (Å²) in [6, 6.07) is 11.6. The maximum Gasteiger partial charge on any atom is 0.307 e. The monoisotopic (exact) mass is 441 g/mol. The molecule has 2 aliphatic heterocycles. The first-order valence-electron chi connectivity index (χ1n) is 11.1. The topological polar surface area (TPSA) is 85.5 Å². The average Bonchev–Trinajstić information content (AvgIpc) is 2.82. The Balaban J connectivity index is 1.48. The first kappa shape index (κ1) is 22.3. The number of nitrogens with zero attached hydrogens (tertiary/aromatic N) is 4. The van der Waals surface area contributed by atoms with Crippen molar-refractivity contribution in [1.82, 2.24) is 4.90 Å². The Morgan fingerprint density at radius 3 is 2.59 bits per heavy atom. The van der Waals surface area contributed by atoms with Crippen molar-refractivity contribution in [3.8, 4) is 5.88 Å². The first-order valence-corrected chi connectivity index (χ1v) is 11.1. The van der Waals surface area contributed by atoms with Crippen LogP contribution in [0.25, 0.3) is 0 Å². The number of benzene rings is 1. The lowest BCUT2D eigenvalue weighted by Crippen LogP contribution is -2.40. The van der Waals surface area contributed by atoms with Crippen molar-refractivity contribution < 1.29 is 18.9 Å². The van der Waals surface area contributed by atoms with Gasteiger partial charge in [-0.15, -0.1) is 5.43 Å². The summed E-state index contributed by atoms with van der Waals surface area (Å²) in [7, 11) is 0. The molecule has 3 heterocycles. The molecule has 0 aliphatic carbocycles. The third kappa shape index (κ3) is 6.09. The minimum atomic E-state index is 0.260. The molecular weight excluding hydrogens is 410 g/mol. The molecule has 2 saturated heterocycles. The van der Waals surface area contributed by atoms with Gasteiger partial charge in [0.1, 0.15) is 6.61 Å². The molecule has 0 unspecified atom stereocenters. The molecule has 172 valence electrons. The number of ether oxygens (including phenoxy) is 3. The number of hydrazone groups is 1. The fourth-order valence-corrected chi connectivity index (χ4v) is 3.75. The van der Waals surface area contributed by atoms with Gasteiger partial charge in [0.2, 0.25) is 0 Å². The van der Waals surface area contributed by atoms with Crippen molar-refractivity contribution in [2.45, 2.75) is 6.92 Å². The van der Waals surface area contributed by atoms with E-state index in [9.17, 15) is 5.21 Å². The van der Waals surface area contributed by atoms with E-state index in [-0.39, 0.29) is 5.88 Å². The molecule has 2 aliphatic rings. The number of hydrogen-bond acceptors (Lipinski definition) is 8. The van der Waals surface area contributed by atoms with Crippen molar-refractivity contribution in [2.24, 2.45) is 5.10 Å². The van der Waals surface area contributed by atoms with Gasteiger partial charge in [-0.25, -0.2) is 0 Å². The number of hydrogen-bond donors (Lipinski definition) is 1. The van der Waals surface area contributed by atoms with Crippen LogP contribution in [0.3, 0.4) is 0 Å². The third-order valence-electron chi connectivity index (χ3n) is 5.55. The lowest BCUT2D eigenvalue weighted by molar-refractivity contribution is -0.598. The summed E-state index contributed by atoms with van der Waals surface area (Å²) < 4.78 is 17.5. The average molecular weight is 442 g/mol. The molecule has 0 saturated carbocycles. The molecule has 0 radical (unpaired) electrons. The summed E-state index contributed by atoms with van der Waals surface area (Å²) in [5, 5.41) is 17.2. The minimum Gasteiger partial charge on any atom is -0.708 e. The summed E-state index contributed by atoms with van der Waals surface area (Å²) in [5.74, 6) is 0.578. The highest BCUT2D eigenvalue weighted by molar-refractivity contribution is 5.80. The van der Waals surface area contributed by atoms with Gasteiger partial charge in [0.25, 0.3) is 5.88 Å². The van der Waals surface area contributed by atoms with Gasteiger partial charge in [-0.3, -0.25) is 4.90 Å². The van der Waals surface area contributed by atoms with Crippen LogP contribution in [-0.2, 0) is 9.47 Å². The van der Waals surface area contributed by atoms with Crippen LogP contribution in [0, 0.1) is 12.1 Å². The zero-order valence-electron chi connectivity index (χ0n) is 18.5. The van der Waals surface area contributed by atoms with Crippen molar-refractivity contribution in [3.05, 3.63) is 52.7 Å². The first-order chi connectivity index (χ1) is 15.7. The zero-order valence-corrected chi connectivity index (χ0v) is 18.5. The fraction of sp³-hybridized carbons (Fsp3) is 0.478. The molecule has 32 heavy (non-hydrogen) atoms. The van der Waals surface area contributed by atoms with Gasteiger partial charge in [-0.1, -0.05) is 34.9 Å². The van der Waals surface area contributed by atoms with Crippen LogP contribution >= 0.6 is 0 Å². The quantitative estimate of drug-likeness (QED) is 0.288. The van der Waals surface area contributed by atoms with E-state index in [1.165, 1.54) is 0 Å². The number of pyridine rings is 1. The van der Waals surface area contributed by atoms with Gasteiger partial charge < -0.3 is 24.3 Å². The van der Waals surface area contributed by atoms with Crippen LogP contribution < -0.4 is 19.8 Å². The zero-order chi connectivity index (χ0) is 22.2. The van der Waals surface area contributed by atoms with E-state index in [1.807, 2.05) is 31.2 Å². The van der Waals surface area contributed by atoms with Crippen molar-refractivity contribution in [3.63, 3.8) is 0 Å². The normalized spacial score (nSPS) is 17.6. The van der Waals surface area contributed by atoms with Crippen LogP contribution in [0.4, 0.5) is 11.5 Å². The molecule has 9 nitrogen and oxygen atoms in total. The smallest absolute Gasteiger partial charge is 0.307 e. The molecule has 0 bridgehead atoms. The number of anilines is 2. The molecule has 0 amide bonds. The van der Waals surface area contributed by atoms with Gasteiger partial charge in [0, 0.05) is 38.8 Å². The molecule has 9 heteroatoms. The Hall–Kier alpha value is -2.88. The Labute approximate surface area is 188 Å². The van der Waals surface area contributed by atoms with Gasteiger partial charge in [0.05, 0.1) is 44.4 Å². The van der Waals surface area contributed by atoms with Gasteiger partial charge in [-0.05, 0) is 12.5 Å². The number of rotatable bonds is 8. The van der Waals surface area contributed by atoms with Gasteiger partial charge >= 0.3 is 5.82 Å². The Morgan fingerprint density at radius 2 is 1.84 bits per heavy atom. The molecule has 2 aromatic rings. The predicted octanol–water partition coefficient (Wildman–Crippen LogP) is 1.62. The van der Waals surface area contributed by atoms with Crippen LogP contribution in [0.5, 0.6) is 5.88 Å². The largest absolute Gasteiger partial charge is 0.708 e. The van der Waals surface area contributed by atoms with Crippen LogP contribution in [0.1, 0.15) is 11.1 Å². The molecular formula is C23H31N5O4. The van der Waals surface area contributed by atoms with Crippen molar-refractivity contribution >= 4 is 17.7 Å². The maximum absolute atomic E-state index is 13.0. The standard InChI is InChI=1S/C23H31N5O4/c1-19-3-2-4-20(15-19)18-24-25-22-16-21(27-8-12-31-13-9-27)17-23(28(22)29)32-14-7-26-5-10-30-11-6-26/h2-4,15-18,25H,5-14H2,1H3/b24-18+. The Morgan fingerprint density at radius 1 is 1.09 bits per heavy atom. The highest BCUT2D eigenvalue weighted by Crippen LogP contribution is 2.23. The lowest BCUT2D eigenvalue weighted by Gasteiger charge is -2.29. The Kier molecular flexibility index (Phi) is 7.76. The molecule has 1 aromatic carbocycles. The fourth-order valence-electron chi connectivity index (χ4n) is 3.75. The highest BCUT2D eigenvalue weighted by atomic mass is 16.6. The van der Waals surface area contributed by atoms with E-state index in [1.54, 1.807) is 18.3 Å². The number of aryl methyl sites for hydroxylation is 1. The number of nitrogens with one attached hydrogen (secondary N) is 1. The van der Waals surface area contributed by atoms with E-state index < -0.39 is 0 Å². The minimum absolute atomic E-state index is 0.260. The van der Waals surface area contributed by atoms with E-state index in [0.29, 0.717) is 25.6 Å². The van der Waals surface area contributed by atoms with Gasteiger partial charge in [-0.2, -0.15) is 4.73 Å². The second-order valence-electron chi connectivity index (χ2n) is 7.92. The summed E-state index contributed by atoms with van der Waals surface area (Å²) in [5.41, 5.74) is 5.92. The molecule has 1 aromatic heterocycles. The molecule has 2 fully saturated rings. The lowest BCUT2D eigenvalue weighted by atomic mass is 10.2. The Bertz CT molecular complexity index is 911. The van der Waals surface area contributed by atoms with E-state index in [2.05, 4.69) is 20.3 Å². The predicted molar refractivity (Wildman–Crippen MR) is 124 cm³/mol. The van der Waals surface area contributed by atoms with Crippen molar-refractivity contribution in [1.29, 1.82) is 0 Å². The molecule has 4 rings (SSSR count). The van der Waals surface area contributed by atoms with Gasteiger partial charge in [0.15, 0.2) is 0 Å². The van der Waals surface area contributed by atoms with Crippen LogP contribution in [0.2, 0.25) is 0 Å². The second kappa shape index (κ2) is 11.1. The van der Waals surface area contributed by atoms with E-state index >= 15 is 0 Å². The van der Waals surface area contributed by atoms with E-state index in [4.69, 9.17) is 14.2 Å². The summed E-state index contributed by atoms with van der Waals surface area (Å²) >= 11 is 0. The van der Waals surface area contributed by atoms with Crippen LogP contribution in [-0.4, -0.2) is 76.9 Å². The number of morpholine rings is 2. The molecule has 1 N–H and O–H groups in total. The maximum atomic E-state index is 13.0. The SMILES string of the molecule is Cc1cccc(/C=N/Nc2cc(N3CCOCC3)cc(OCCN3CCOCC3)[n+]2[O-])c1.